The van der Waals surface area contributed by atoms with Crippen molar-refractivity contribution in [2.75, 3.05) is 18.6 Å². The average molecular weight is 370 g/mol. The Hall–Kier alpha value is -2.50. The predicted molar refractivity (Wildman–Crippen MR) is 103 cm³/mol. The Morgan fingerprint density at radius 2 is 1.96 bits per heavy atom. The van der Waals surface area contributed by atoms with Gasteiger partial charge in [0.2, 0.25) is 0 Å². The van der Waals surface area contributed by atoms with E-state index in [1.54, 1.807) is 4.90 Å². The van der Waals surface area contributed by atoms with Gasteiger partial charge in [-0.05, 0) is 58.1 Å². The first-order valence-electron chi connectivity index (χ1n) is 9.52. The zero-order chi connectivity index (χ0) is 19.3. The van der Waals surface area contributed by atoms with Crippen LogP contribution in [0, 0.1) is 5.92 Å². The molecule has 6 heteroatoms. The highest BCUT2D eigenvalue weighted by molar-refractivity contribution is 6.01. The fourth-order valence-electron chi connectivity index (χ4n) is 3.80. The summed E-state index contributed by atoms with van der Waals surface area (Å²) >= 11 is 0. The standard InChI is InChI=1S/C21H26N2O4/c1-21(2,3)27-20(25)22-10-9-15-16(22)8-7-14-11-17(19(24)26-4)23(18(14)15)12-13-5-6-13/h7-8,11,13H,5-6,9-10,12H2,1-4H3. The number of carbonyl (C=O) groups is 2. The minimum absolute atomic E-state index is 0.317. The van der Waals surface area contributed by atoms with E-state index < -0.39 is 5.60 Å². The maximum Gasteiger partial charge on any atom is 0.414 e. The molecule has 1 aliphatic carbocycles. The maximum atomic E-state index is 12.6. The Labute approximate surface area is 159 Å². The molecular weight excluding hydrogens is 344 g/mol. The molecule has 0 spiro atoms. The van der Waals surface area contributed by atoms with E-state index in [-0.39, 0.29) is 12.1 Å². The number of methoxy groups -OCH3 is 1. The molecule has 2 aliphatic rings. The monoisotopic (exact) mass is 370 g/mol. The summed E-state index contributed by atoms with van der Waals surface area (Å²) in [5.41, 5.74) is 3.08. The number of ether oxygens (including phenoxy) is 2. The van der Waals surface area contributed by atoms with Gasteiger partial charge in [0.05, 0.1) is 18.3 Å². The molecule has 1 aromatic carbocycles. The van der Waals surface area contributed by atoms with E-state index in [0.29, 0.717) is 18.2 Å². The van der Waals surface area contributed by atoms with E-state index in [1.807, 2.05) is 39.0 Å². The quantitative estimate of drug-likeness (QED) is 0.762. The Morgan fingerprint density at radius 1 is 1.22 bits per heavy atom. The van der Waals surface area contributed by atoms with E-state index in [0.717, 1.165) is 35.1 Å². The van der Waals surface area contributed by atoms with Crippen LogP contribution in [0.4, 0.5) is 10.5 Å². The zero-order valence-electron chi connectivity index (χ0n) is 16.4. The molecule has 1 aliphatic heterocycles. The number of esters is 1. The van der Waals surface area contributed by atoms with Gasteiger partial charge in [0.15, 0.2) is 0 Å². The van der Waals surface area contributed by atoms with Crippen molar-refractivity contribution < 1.29 is 19.1 Å². The fraction of sp³-hybridized carbons (Fsp3) is 0.524. The topological polar surface area (TPSA) is 60.8 Å². The molecule has 4 rings (SSSR count). The van der Waals surface area contributed by atoms with E-state index in [1.165, 1.54) is 20.0 Å². The van der Waals surface area contributed by atoms with Gasteiger partial charge < -0.3 is 14.0 Å². The lowest BCUT2D eigenvalue weighted by Gasteiger charge is -2.24. The van der Waals surface area contributed by atoms with Crippen LogP contribution in [0.5, 0.6) is 0 Å². The average Bonchev–Trinajstić information content (AvgIpc) is 3.18. The van der Waals surface area contributed by atoms with E-state index in [9.17, 15) is 9.59 Å². The molecule has 1 aromatic heterocycles. The van der Waals surface area contributed by atoms with Crippen LogP contribution in [0.25, 0.3) is 10.9 Å². The minimum atomic E-state index is -0.534. The number of carbonyl (C=O) groups excluding carboxylic acids is 2. The molecule has 0 saturated heterocycles. The van der Waals surface area contributed by atoms with Gasteiger partial charge in [0.1, 0.15) is 11.3 Å². The molecule has 1 amide bonds. The lowest BCUT2D eigenvalue weighted by molar-refractivity contribution is 0.0576. The van der Waals surface area contributed by atoms with Crippen LogP contribution in [0.2, 0.25) is 0 Å². The predicted octanol–water partition coefficient (Wildman–Crippen LogP) is 4.14. The molecule has 2 heterocycles. The van der Waals surface area contributed by atoms with Gasteiger partial charge in [-0.1, -0.05) is 6.07 Å². The molecule has 0 unspecified atom stereocenters. The van der Waals surface area contributed by atoms with Gasteiger partial charge in [-0.2, -0.15) is 0 Å². The Bertz CT molecular complexity index is 918. The number of aromatic nitrogens is 1. The van der Waals surface area contributed by atoms with Crippen molar-refractivity contribution >= 4 is 28.7 Å². The molecule has 0 bridgehead atoms. The summed E-state index contributed by atoms with van der Waals surface area (Å²) < 4.78 is 12.7. The third kappa shape index (κ3) is 3.29. The first-order valence-corrected chi connectivity index (χ1v) is 9.52. The third-order valence-electron chi connectivity index (χ3n) is 5.16. The summed E-state index contributed by atoms with van der Waals surface area (Å²) in [6, 6.07) is 5.84. The van der Waals surface area contributed by atoms with E-state index in [4.69, 9.17) is 9.47 Å². The highest BCUT2D eigenvalue weighted by Crippen LogP contribution is 2.39. The second-order valence-electron chi connectivity index (χ2n) is 8.46. The number of hydrogen-bond acceptors (Lipinski definition) is 4. The number of anilines is 1. The van der Waals surface area contributed by atoms with Gasteiger partial charge in [0, 0.05) is 24.0 Å². The number of fused-ring (bicyclic) bond motifs is 3. The van der Waals surface area contributed by atoms with E-state index >= 15 is 0 Å². The Balaban J connectivity index is 1.79. The number of nitrogens with zero attached hydrogens (tertiary/aromatic N) is 2. The largest absolute Gasteiger partial charge is 0.464 e. The second-order valence-corrected chi connectivity index (χ2v) is 8.46. The van der Waals surface area contributed by atoms with Crippen molar-refractivity contribution in [3.05, 3.63) is 29.5 Å². The highest BCUT2D eigenvalue weighted by Gasteiger charge is 2.33. The van der Waals surface area contributed by atoms with Crippen molar-refractivity contribution in [1.82, 2.24) is 4.57 Å². The normalized spacial score (nSPS) is 16.5. The second kappa shape index (κ2) is 6.29. The summed E-state index contributed by atoms with van der Waals surface area (Å²) in [6.07, 6.45) is 2.81. The van der Waals surface area contributed by atoms with Gasteiger partial charge in [-0.15, -0.1) is 0 Å². The van der Waals surface area contributed by atoms with Gasteiger partial charge in [0.25, 0.3) is 0 Å². The summed E-state index contributed by atoms with van der Waals surface area (Å²) in [5.74, 6) is 0.297. The van der Waals surface area contributed by atoms with Crippen molar-refractivity contribution in [2.24, 2.45) is 5.92 Å². The van der Waals surface area contributed by atoms with Crippen LogP contribution >= 0.6 is 0 Å². The lowest BCUT2D eigenvalue weighted by Crippen LogP contribution is -2.35. The lowest BCUT2D eigenvalue weighted by atomic mass is 10.1. The van der Waals surface area contributed by atoms with Crippen LogP contribution in [-0.4, -0.2) is 35.9 Å². The van der Waals surface area contributed by atoms with E-state index in [2.05, 4.69) is 4.57 Å². The Kier molecular flexibility index (Phi) is 4.17. The number of amides is 1. The smallest absolute Gasteiger partial charge is 0.414 e. The van der Waals surface area contributed by atoms with Crippen molar-refractivity contribution in [3.8, 4) is 0 Å². The van der Waals surface area contributed by atoms with Gasteiger partial charge in [-0.3, -0.25) is 4.90 Å². The van der Waals surface area contributed by atoms with Crippen LogP contribution in [-0.2, 0) is 22.4 Å². The van der Waals surface area contributed by atoms with Crippen molar-refractivity contribution in [1.29, 1.82) is 0 Å². The van der Waals surface area contributed by atoms with Crippen LogP contribution < -0.4 is 4.90 Å². The van der Waals surface area contributed by atoms with Crippen molar-refractivity contribution in [3.63, 3.8) is 0 Å². The summed E-state index contributed by atoms with van der Waals surface area (Å²) in [7, 11) is 1.41. The molecule has 1 fully saturated rings. The highest BCUT2D eigenvalue weighted by atomic mass is 16.6. The maximum absolute atomic E-state index is 12.6. The molecule has 0 radical (unpaired) electrons. The minimum Gasteiger partial charge on any atom is -0.464 e. The van der Waals surface area contributed by atoms with Gasteiger partial charge >= 0.3 is 12.1 Å². The molecule has 0 atom stereocenters. The first-order chi connectivity index (χ1) is 12.8. The molecule has 1 saturated carbocycles. The van der Waals surface area contributed by atoms with Crippen LogP contribution in [0.15, 0.2) is 18.2 Å². The molecule has 27 heavy (non-hydrogen) atoms. The molecule has 6 nitrogen and oxygen atoms in total. The van der Waals surface area contributed by atoms with Gasteiger partial charge in [-0.25, -0.2) is 9.59 Å². The zero-order valence-corrected chi connectivity index (χ0v) is 16.4. The first kappa shape index (κ1) is 17.9. The third-order valence-corrected chi connectivity index (χ3v) is 5.16. The molecule has 144 valence electrons. The summed E-state index contributed by atoms with van der Waals surface area (Å²) in [6.45, 7) is 7.01. The molecular formula is C21H26N2O4. The number of benzene rings is 1. The summed E-state index contributed by atoms with van der Waals surface area (Å²) in [5, 5.41) is 1.01. The SMILES string of the molecule is COC(=O)c1cc2ccc3c(c2n1CC1CC1)CCN3C(=O)OC(C)(C)C. The fourth-order valence-corrected chi connectivity index (χ4v) is 3.80. The molecule has 0 N–H and O–H groups in total. The Morgan fingerprint density at radius 3 is 2.59 bits per heavy atom. The van der Waals surface area contributed by atoms with Crippen LogP contribution in [0.3, 0.4) is 0 Å². The number of hydrogen-bond donors (Lipinski definition) is 0. The summed E-state index contributed by atoms with van der Waals surface area (Å²) in [4.78, 5) is 26.6. The number of rotatable bonds is 3. The molecule has 2 aromatic rings. The van der Waals surface area contributed by atoms with Crippen molar-refractivity contribution in [2.45, 2.75) is 52.2 Å². The van der Waals surface area contributed by atoms with Crippen LogP contribution in [0.1, 0.15) is 49.7 Å².